The van der Waals surface area contributed by atoms with Crippen molar-refractivity contribution < 1.29 is 27.4 Å². The van der Waals surface area contributed by atoms with Gasteiger partial charge in [-0.2, -0.15) is 0 Å². The number of nitrogens with one attached hydrogen (secondary N) is 1. The minimum atomic E-state index is -3.77. The Morgan fingerprint density at radius 3 is 2.61 bits per heavy atom. The summed E-state index contributed by atoms with van der Waals surface area (Å²) in [5.74, 6) is 0.442. The average Bonchev–Trinajstić information content (AvgIpc) is 3.35. The number of aliphatic hydroxyl groups is 1. The maximum absolute atomic E-state index is 13.1. The van der Waals surface area contributed by atoms with E-state index in [1.165, 1.54) is 30.6 Å². The summed E-state index contributed by atoms with van der Waals surface area (Å²) in [7, 11) is -2.25. The minimum absolute atomic E-state index is 0.0192. The molecule has 0 fully saturated rings. The van der Waals surface area contributed by atoms with Crippen LogP contribution in [0.2, 0.25) is 0 Å². The zero-order chi connectivity index (χ0) is 26.9. The van der Waals surface area contributed by atoms with Gasteiger partial charge in [-0.1, -0.05) is 0 Å². The van der Waals surface area contributed by atoms with Crippen LogP contribution in [0.3, 0.4) is 0 Å². The molecule has 0 aliphatic rings. The summed E-state index contributed by atoms with van der Waals surface area (Å²) in [6.45, 7) is 1.89. The summed E-state index contributed by atoms with van der Waals surface area (Å²) in [6.07, 6.45) is 1.54. The molecule has 0 bridgehead atoms. The van der Waals surface area contributed by atoms with Gasteiger partial charge in [0.15, 0.2) is 0 Å². The minimum Gasteiger partial charge on any atom is -0.492 e. The van der Waals surface area contributed by atoms with Crippen LogP contribution in [0.1, 0.15) is 11.1 Å². The van der Waals surface area contributed by atoms with Crippen LogP contribution in [-0.2, 0) is 16.6 Å². The molecule has 0 atom stereocenters. The van der Waals surface area contributed by atoms with Crippen LogP contribution in [0, 0.1) is 12.7 Å². The van der Waals surface area contributed by atoms with Crippen LogP contribution in [-0.4, -0.2) is 48.7 Å². The fourth-order valence-electron chi connectivity index (χ4n) is 3.92. The lowest BCUT2D eigenvalue weighted by Gasteiger charge is -2.09. The Kier molecular flexibility index (Phi) is 7.21. The molecular formula is C26H23FN4O5S2. The molecule has 2 N–H and O–H groups in total. The molecule has 38 heavy (non-hydrogen) atoms. The number of hydrogen-bond acceptors (Lipinski definition) is 9. The second-order valence-corrected chi connectivity index (χ2v) is 11.2. The number of thiazole rings is 1. The standard InChI is InChI=1S/C26H23FN4O5S2/c1-15-9-18(36-8-7-29-38(33,34)19-5-3-17(27)4-6-19)12-22-24(15)31-26(37-22)20-10-16(14-32)11-21-25(20)28-13-23(30-21)35-2/h3-6,9-13,29,32H,7-8,14H2,1-2H3. The van der Waals surface area contributed by atoms with E-state index in [-0.39, 0.29) is 24.7 Å². The molecule has 0 saturated heterocycles. The summed E-state index contributed by atoms with van der Waals surface area (Å²) in [5, 5.41) is 10.5. The van der Waals surface area contributed by atoms with Crippen molar-refractivity contribution in [3.05, 3.63) is 71.7 Å². The Morgan fingerprint density at radius 1 is 1.08 bits per heavy atom. The van der Waals surface area contributed by atoms with E-state index in [4.69, 9.17) is 14.5 Å². The number of sulfonamides is 1. The third-order valence-electron chi connectivity index (χ3n) is 5.75. The molecule has 12 heteroatoms. The Labute approximate surface area is 222 Å². The molecule has 5 rings (SSSR count). The Bertz CT molecular complexity index is 1740. The van der Waals surface area contributed by atoms with Gasteiger partial charge in [0.25, 0.3) is 0 Å². The van der Waals surface area contributed by atoms with E-state index in [9.17, 15) is 17.9 Å². The van der Waals surface area contributed by atoms with Crippen molar-refractivity contribution >= 4 is 42.6 Å². The van der Waals surface area contributed by atoms with Gasteiger partial charge in [-0.25, -0.2) is 32.5 Å². The highest BCUT2D eigenvalue weighted by atomic mass is 32.2. The number of benzene rings is 3. The van der Waals surface area contributed by atoms with Crippen LogP contribution < -0.4 is 14.2 Å². The van der Waals surface area contributed by atoms with E-state index in [1.807, 2.05) is 25.1 Å². The molecule has 2 aromatic heterocycles. The van der Waals surface area contributed by atoms with E-state index < -0.39 is 15.8 Å². The third kappa shape index (κ3) is 5.29. The van der Waals surface area contributed by atoms with Gasteiger partial charge in [-0.3, -0.25) is 0 Å². The molecule has 0 aliphatic heterocycles. The largest absolute Gasteiger partial charge is 0.492 e. The molecule has 3 aromatic carbocycles. The molecule has 0 unspecified atom stereocenters. The second-order valence-electron chi connectivity index (χ2n) is 8.39. The summed E-state index contributed by atoms with van der Waals surface area (Å²) in [4.78, 5) is 13.8. The number of aryl methyl sites for hydroxylation is 1. The predicted octanol–water partition coefficient (Wildman–Crippen LogP) is 4.21. The van der Waals surface area contributed by atoms with Crippen molar-refractivity contribution in [1.82, 2.24) is 19.7 Å². The number of fused-ring (bicyclic) bond motifs is 2. The van der Waals surface area contributed by atoms with Gasteiger partial charge in [0.05, 0.1) is 46.1 Å². The van der Waals surface area contributed by atoms with Gasteiger partial charge in [-0.15, -0.1) is 11.3 Å². The van der Waals surface area contributed by atoms with Gasteiger partial charge in [0.1, 0.15) is 23.2 Å². The van der Waals surface area contributed by atoms with Crippen molar-refractivity contribution in [3.8, 4) is 22.2 Å². The Morgan fingerprint density at radius 2 is 1.87 bits per heavy atom. The molecule has 196 valence electrons. The smallest absolute Gasteiger partial charge is 0.240 e. The highest BCUT2D eigenvalue weighted by molar-refractivity contribution is 7.89. The van der Waals surface area contributed by atoms with Crippen LogP contribution in [0.5, 0.6) is 11.6 Å². The average molecular weight is 555 g/mol. The van der Waals surface area contributed by atoms with Crippen LogP contribution in [0.4, 0.5) is 4.39 Å². The lowest BCUT2D eigenvalue weighted by Crippen LogP contribution is -2.28. The molecular weight excluding hydrogens is 531 g/mol. The monoisotopic (exact) mass is 554 g/mol. The highest BCUT2D eigenvalue weighted by Crippen LogP contribution is 2.37. The number of nitrogens with zero attached hydrogens (tertiary/aromatic N) is 3. The van der Waals surface area contributed by atoms with Crippen LogP contribution in [0.25, 0.3) is 31.8 Å². The summed E-state index contributed by atoms with van der Waals surface area (Å²) < 4.78 is 52.2. The Balaban J connectivity index is 1.37. The van der Waals surface area contributed by atoms with Gasteiger partial charge in [-0.05, 0) is 66.6 Å². The van der Waals surface area contributed by atoms with Gasteiger partial charge < -0.3 is 14.6 Å². The molecule has 0 amide bonds. The van der Waals surface area contributed by atoms with Crippen molar-refractivity contribution in [2.45, 2.75) is 18.4 Å². The number of halogens is 1. The lowest BCUT2D eigenvalue weighted by atomic mass is 10.1. The fourth-order valence-corrected chi connectivity index (χ4v) is 6.03. The van der Waals surface area contributed by atoms with E-state index >= 15 is 0 Å². The molecule has 0 spiro atoms. The zero-order valence-electron chi connectivity index (χ0n) is 20.4. The van der Waals surface area contributed by atoms with Crippen molar-refractivity contribution in [1.29, 1.82) is 0 Å². The van der Waals surface area contributed by atoms with E-state index in [0.29, 0.717) is 33.2 Å². The first-order chi connectivity index (χ1) is 18.3. The van der Waals surface area contributed by atoms with Crippen LogP contribution >= 0.6 is 11.3 Å². The quantitative estimate of drug-likeness (QED) is 0.260. The van der Waals surface area contributed by atoms with Gasteiger partial charge in [0.2, 0.25) is 15.9 Å². The van der Waals surface area contributed by atoms with E-state index in [1.54, 1.807) is 12.3 Å². The predicted molar refractivity (Wildman–Crippen MR) is 142 cm³/mol. The lowest BCUT2D eigenvalue weighted by molar-refractivity contribution is 0.282. The highest BCUT2D eigenvalue weighted by Gasteiger charge is 2.17. The number of aromatic nitrogens is 3. The number of methoxy groups -OCH3 is 1. The first-order valence-electron chi connectivity index (χ1n) is 11.5. The van der Waals surface area contributed by atoms with E-state index in [2.05, 4.69) is 14.7 Å². The molecule has 0 radical (unpaired) electrons. The molecule has 0 saturated carbocycles. The SMILES string of the molecule is COc1cnc2c(-c3nc4c(C)cc(OCCNS(=O)(=O)c5ccc(F)cc5)cc4s3)cc(CO)cc2n1. The first-order valence-corrected chi connectivity index (χ1v) is 13.8. The topological polar surface area (TPSA) is 124 Å². The Hall–Kier alpha value is -3.71. The summed E-state index contributed by atoms with van der Waals surface area (Å²) in [6, 6.07) is 11.9. The molecule has 2 heterocycles. The summed E-state index contributed by atoms with van der Waals surface area (Å²) >= 11 is 1.45. The molecule has 5 aromatic rings. The van der Waals surface area contributed by atoms with Gasteiger partial charge in [0, 0.05) is 12.1 Å². The first kappa shape index (κ1) is 25.9. The summed E-state index contributed by atoms with van der Waals surface area (Å²) in [5.41, 5.74) is 4.36. The van der Waals surface area contributed by atoms with Crippen molar-refractivity contribution in [2.24, 2.45) is 0 Å². The third-order valence-corrected chi connectivity index (χ3v) is 8.26. The number of rotatable bonds is 9. The maximum atomic E-state index is 13.1. The molecule has 0 aliphatic carbocycles. The van der Waals surface area contributed by atoms with Crippen molar-refractivity contribution in [3.63, 3.8) is 0 Å². The maximum Gasteiger partial charge on any atom is 0.240 e. The normalized spacial score (nSPS) is 11.8. The van der Waals surface area contributed by atoms with Crippen molar-refractivity contribution in [2.75, 3.05) is 20.3 Å². The van der Waals surface area contributed by atoms with Crippen LogP contribution in [0.15, 0.2) is 59.6 Å². The van der Waals surface area contributed by atoms with Gasteiger partial charge >= 0.3 is 0 Å². The van der Waals surface area contributed by atoms with E-state index in [0.717, 1.165) is 33.5 Å². The zero-order valence-corrected chi connectivity index (χ0v) is 22.1. The second kappa shape index (κ2) is 10.6. The fraction of sp³-hybridized carbons (Fsp3) is 0.192. The number of aliphatic hydroxyl groups excluding tert-OH is 1. The number of ether oxygens (including phenoxy) is 2. The number of hydrogen-bond donors (Lipinski definition) is 2. The molecule has 9 nitrogen and oxygen atoms in total.